The average molecular weight is 328 g/mol. The van der Waals surface area contributed by atoms with Crippen molar-refractivity contribution in [2.24, 2.45) is 0 Å². The van der Waals surface area contributed by atoms with Gasteiger partial charge in [0.15, 0.2) is 0 Å². The first-order chi connectivity index (χ1) is 9.78. The third-order valence-corrected chi connectivity index (χ3v) is 4.00. The van der Waals surface area contributed by atoms with Crippen LogP contribution in [0.3, 0.4) is 0 Å². The van der Waals surface area contributed by atoms with Crippen LogP contribution in [0.15, 0.2) is 40.9 Å². The van der Waals surface area contributed by atoms with E-state index in [0.29, 0.717) is 12.1 Å². The van der Waals surface area contributed by atoms with E-state index < -0.39 is 0 Å². The molecule has 0 aliphatic carbocycles. The minimum Gasteiger partial charge on any atom is -0.384 e. The molecule has 100 valence electrons. The fourth-order valence-corrected chi connectivity index (χ4v) is 2.87. The van der Waals surface area contributed by atoms with Crippen LogP contribution in [-0.4, -0.2) is 6.54 Å². The van der Waals surface area contributed by atoms with E-state index in [2.05, 4.69) is 50.8 Å². The number of halogens is 1. The van der Waals surface area contributed by atoms with Gasteiger partial charge in [0.1, 0.15) is 6.07 Å². The molecule has 2 aromatic carbocycles. The van der Waals surface area contributed by atoms with Gasteiger partial charge in [-0.15, -0.1) is 0 Å². The van der Waals surface area contributed by atoms with Gasteiger partial charge < -0.3 is 10.6 Å². The second-order valence-corrected chi connectivity index (χ2v) is 5.70. The van der Waals surface area contributed by atoms with Crippen LogP contribution in [-0.2, 0) is 13.0 Å². The Kier molecular flexibility index (Phi) is 3.62. The molecule has 20 heavy (non-hydrogen) atoms. The number of hydrogen-bond donors (Lipinski definition) is 2. The summed E-state index contributed by atoms with van der Waals surface area (Å²) in [4.78, 5) is 0. The predicted molar refractivity (Wildman–Crippen MR) is 84.8 cm³/mol. The quantitative estimate of drug-likeness (QED) is 0.898. The molecule has 0 saturated carbocycles. The van der Waals surface area contributed by atoms with Gasteiger partial charge in [-0.2, -0.15) is 5.26 Å². The summed E-state index contributed by atoms with van der Waals surface area (Å²) in [6, 6.07) is 14.3. The van der Waals surface area contributed by atoms with E-state index in [0.717, 1.165) is 23.1 Å². The monoisotopic (exact) mass is 327 g/mol. The van der Waals surface area contributed by atoms with Crippen molar-refractivity contribution in [2.75, 3.05) is 17.2 Å². The molecule has 1 heterocycles. The molecule has 0 spiro atoms. The highest BCUT2D eigenvalue weighted by Crippen LogP contribution is 2.28. The van der Waals surface area contributed by atoms with Crippen LogP contribution in [0.1, 0.15) is 16.7 Å². The lowest BCUT2D eigenvalue weighted by Gasteiger charge is -2.12. The van der Waals surface area contributed by atoms with Crippen molar-refractivity contribution in [3.8, 4) is 6.07 Å². The molecule has 0 aromatic heterocycles. The van der Waals surface area contributed by atoms with Gasteiger partial charge in [-0.1, -0.05) is 34.1 Å². The number of nitriles is 1. The molecule has 4 heteroatoms. The minimum absolute atomic E-state index is 0.653. The first kappa shape index (κ1) is 13.0. The maximum atomic E-state index is 9.17. The van der Waals surface area contributed by atoms with Crippen LogP contribution in [0.5, 0.6) is 0 Å². The van der Waals surface area contributed by atoms with Crippen LogP contribution < -0.4 is 10.6 Å². The van der Waals surface area contributed by atoms with Gasteiger partial charge >= 0.3 is 0 Å². The first-order valence-corrected chi connectivity index (χ1v) is 7.35. The van der Waals surface area contributed by atoms with E-state index in [1.807, 2.05) is 18.2 Å². The zero-order chi connectivity index (χ0) is 13.9. The molecule has 0 fully saturated rings. The minimum atomic E-state index is 0.653. The number of fused-ring (bicyclic) bond motifs is 1. The average Bonchev–Trinajstić information content (AvgIpc) is 2.94. The molecule has 3 nitrogen and oxygen atoms in total. The number of anilines is 2. The van der Waals surface area contributed by atoms with Gasteiger partial charge in [-0.05, 0) is 35.7 Å². The summed E-state index contributed by atoms with van der Waals surface area (Å²) in [5, 5.41) is 16.0. The Labute approximate surface area is 126 Å². The number of hydrogen-bond acceptors (Lipinski definition) is 3. The van der Waals surface area contributed by atoms with E-state index >= 15 is 0 Å². The van der Waals surface area contributed by atoms with Crippen LogP contribution in [0.2, 0.25) is 0 Å². The van der Waals surface area contributed by atoms with Gasteiger partial charge in [0.2, 0.25) is 0 Å². The second kappa shape index (κ2) is 5.56. The normalized spacial score (nSPS) is 12.4. The van der Waals surface area contributed by atoms with Crippen molar-refractivity contribution >= 4 is 27.3 Å². The summed E-state index contributed by atoms with van der Waals surface area (Å²) >= 11 is 3.38. The van der Waals surface area contributed by atoms with Crippen molar-refractivity contribution in [1.82, 2.24) is 0 Å². The fourth-order valence-electron chi connectivity index (χ4n) is 2.51. The summed E-state index contributed by atoms with van der Waals surface area (Å²) in [6.07, 6.45) is 1.09. The maximum absolute atomic E-state index is 9.17. The SMILES string of the molecule is N#Cc1cc(Br)ccc1NCc1cccc2c1NCC2. The van der Waals surface area contributed by atoms with Crippen molar-refractivity contribution in [2.45, 2.75) is 13.0 Å². The molecule has 0 amide bonds. The Balaban J connectivity index is 1.81. The Hall–Kier alpha value is -1.99. The number of nitrogens with one attached hydrogen (secondary N) is 2. The van der Waals surface area contributed by atoms with Crippen molar-refractivity contribution in [3.05, 3.63) is 57.6 Å². The van der Waals surface area contributed by atoms with Crippen molar-refractivity contribution < 1.29 is 0 Å². The molecule has 0 saturated heterocycles. The van der Waals surface area contributed by atoms with E-state index in [-0.39, 0.29) is 0 Å². The molecule has 0 unspecified atom stereocenters. The molecular weight excluding hydrogens is 314 g/mol. The third kappa shape index (κ3) is 2.50. The molecule has 2 N–H and O–H groups in total. The van der Waals surface area contributed by atoms with Crippen LogP contribution in [0, 0.1) is 11.3 Å². The van der Waals surface area contributed by atoms with E-state index in [4.69, 9.17) is 0 Å². The van der Waals surface area contributed by atoms with E-state index in [1.54, 1.807) is 0 Å². The number of benzene rings is 2. The van der Waals surface area contributed by atoms with E-state index in [9.17, 15) is 5.26 Å². The molecule has 2 aromatic rings. The number of para-hydroxylation sites is 1. The predicted octanol–water partition coefficient (Wildman–Crippen LogP) is 3.90. The lowest BCUT2D eigenvalue weighted by Crippen LogP contribution is -2.04. The summed E-state index contributed by atoms with van der Waals surface area (Å²) < 4.78 is 0.918. The largest absolute Gasteiger partial charge is 0.384 e. The third-order valence-electron chi connectivity index (χ3n) is 3.50. The Morgan fingerprint density at radius 3 is 3.05 bits per heavy atom. The highest BCUT2D eigenvalue weighted by Gasteiger charge is 2.13. The van der Waals surface area contributed by atoms with Gasteiger partial charge in [0.05, 0.1) is 11.3 Å². The highest BCUT2D eigenvalue weighted by molar-refractivity contribution is 9.10. The smallest absolute Gasteiger partial charge is 0.101 e. The highest BCUT2D eigenvalue weighted by atomic mass is 79.9. The standard InChI is InChI=1S/C16H14BrN3/c17-14-4-5-15(13(8-14)9-18)20-10-12-3-1-2-11-6-7-19-16(11)12/h1-5,8,19-20H,6-7,10H2. The van der Waals surface area contributed by atoms with Gasteiger partial charge in [-0.25, -0.2) is 0 Å². The number of rotatable bonds is 3. The van der Waals surface area contributed by atoms with Crippen LogP contribution >= 0.6 is 15.9 Å². The first-order valence-electron chi connectivity index (χ1n) is 6.56. The molecule has 0 radical (unpaired) electrons. The zero-order valence-electron chi connectivity index (χ0n) is 10.9. The van der Waals surface area contributed by atoms with Crippen LogP contribution in [0.25, 0.3) is 0 Å². The summed E-state index contributed by atoms with van der Waals surface area (Å²) in [7, 11) is 0. The lowest BCUT2D eigenvalue weighted by molar-refractivity contribution is 1.11. The summed E-state index contributed by atoms with van der Waals surface area (Å²) in [5.74, 6) is 0. The molecular formula is C16H14BrN3. The van der Waals surface area contributed by atoms with Crippen molar-refractivity contribution in [3.63, 3.8) is 0 Å². The topological polar surface area (TPSA) is 47.9 Å². The number of nitrogens with zero attached hydrogens (tertiary/aromatic N) is 1. The summed E-state index contributed by atoms with van der Waals surface area (Å²) in [5.41, 5.74) is 5.38. The molecule has 0 atom stereocenters. The van der Waals surface area contributed by atoms with Gasteiger partial charge in [-0.3, -0.25) is 0 Å². The lowest BCUT2D eigenvalue weighted by atomic mass is 10.1. The van der Waals surface area contributed by atoms with Gasteiger partial charge in [0.25, 0.3) is 0 Å². The Bertz CT molecular complexity index is 689. The van der Waals surface area contributed by atoms with Crippen molar-refractivity contribution in [1.29, 1.82) is 5.26 Å². The molecule has 1 aliphatic rings. The molecule has 3 rings (SSSR count). The zero-order valence-corrected chi connectivity index (χ0v) is 12.5. The van der Waals surface area contributed by atoms with Crippen LogP contribution in [0.4, 0.5) is 11.4 Å². The second-order valence-electron chi connectivity index (χ2n) is 4.78. The maximum Gasteiger partial charge on any atom is 0.101 e. The summed E-state index contributed by atoms with van der Waals surface area (Å²) in [6.45, 7) is 1.72. The Morgan fingerprint density at radius 1 is 1.30 bits per heavy atom. The van der Waals surface area contributed by atoms with Gasteiger partial charge in [0, 0.05) is 23.2 Å². The van der Waals surface area contributed by atoms with E-state index in [1.165, 1.54) is 16.8 Å². The molecule has 1 aliphatic heterocycles. The fraction of sp³-hybridized carbons (Fsp3) is 0.188. The molecule has 0 bridgehead atoms. The Morgan fingerprint density at radius 2 is 2.20 bits per heavy atom.